The van der Waals surface area contributed by atoms with Crippen molar-refractivity contribution in [3.8, 4) is 0 Å². The van der Waals surface area contributed by atoms with Gasteiger partial charge in [0.1, 0.15) is 5.60 Å². The van der Waals surface area contributed by atoms with Crippen molar-refractivity contribution in [1.82, 2.24) is 25.5 Å². The number of aryl methyl sites for hydroxylation is 2. The van der Waals surface area contributed by atoms with Crippen molar-refractivity contribution >= 4 is 17.6 Å². The molecule has 0 aliphatic carbocycles. The van der Waals surface area contributed by atoms with Gasteiger partial charge >= 0.3 is 24.5 Å². The Hall–Kier alpha value is -4.09. The molecule has 18 heteroatoms. The largest absolute Gasteiger partial charge is 0.459 e. The molecule has 2 aliphatic heterocycles. The Kier molecular flexibility index (Phi) is 10.8. The minimum Gasteiger partial charge on any atom is -0.459 e. The topological polar surface area (TPSA) is 88.4 Å². The molecule has 1 atom stereocenters. The number of nitrogens with one attached hydrogen (secondary N) is 1. The van der Waals surface area contributed by atoms with Gasteiger partial charge < -0.3 is 19.9 Å². The van der Waals surface area contributed by atoms with Gasteiger partial charge in [0.05, 0.1) is 35.2 Å². The molecule has 53 heavy (non-hydrogen) atoms. The van der Waals surface area contributed by atoms with Crippen LogP contribution in [0.3, 0.4) is 0 Å². The van der Waals surface area contributed by atoms with Crippen molar-refractivity contribution < 1.29 is 49.0 Å². The Bertz CT molecular complexity index is 1770. The highest BCUT2D eigenvalue weighted by atomic mass is 19.4. The minimum atomic E-state index is -5.11. The van der Waals surface area contributed by atoms with E-state index in [4.69, 9.17) is 4.74 Å². The number of hydrogen-bond donors (Lipinski definition) is 1. The molecule has 0 radical (unpaired) electrons. The molecule has 292 valence electrons. The van der Waals surface area contributed by atoms with E-state index < -0.39 is 64.8 Å². The molecular formula is C35H42F9N7O2. The minimum absolute atomic E-state index is 0.0104. The van der Waals surface area contributed by atoms with Crippen LogP contribution in [-0.2, 0) is 41.7 Å². The molecule has 0 bridgehead atoms. The number of piperidine rings is 1. The Morgan fingerprint density at radius 2 is 1.55 bits per heavy atom. The SMILES string of the molecule is Cc1cc2c(c(C)c1C(F)(F)F)N(CC1(C(=O)OC(C)(C)C)CCNCC1)CCCC2N(Cc1cc(C(F)(F)F)cc(C(F)(F)F)c1)c1nnn(C)n1. The number of benzene rings is 2. The summed E-state index contributed by atoms with van der Waals surface area (Å²) < 4.78 is 133. The number of carbonyl (C=O) groups is 1. The zero-order valence-electron chi connectivity index (χ0n) is 30.2. The van der Waals surface area contributed by atoms with E-state index in [2.05, 4.69) is 20.7 Å². The van der Waals surface area contributed by atoms with E-state index in [0.717, 1.165) is 4.80 Å². The molecule has 0 spiro atoms. The molecule has 1 aromatic heterocycles. The Morgan fingerprint density at radius 1 is 0.943 bits per heavy atom. The van der Waals surface area contributed by atoms with Crippen LogP contribution in [-0.4, -0.2) is 58.0 Å². The van der Waals surface area contributed by atoms with Gasteiger partial charge in [0.15, 0.2) is 0 Å². The van der Waals surface area contributed by atoms with Gasteiger partial charge in [-0.2, -0.15) is 44.3 Å². The third-order valence-corrected chi connectivity index (χ3v) is 9.65. The second kappa shape index (κ2) is 14.3. The molecule has 9 nitrogen and oxygen atoms in total. The second-order valence-electron chi connectivity index (χ2n) is 14.9. The number of ether oxygens (including phenoxy) is 1. The number of hydrogen-bond acceptors (Lipinski definition) is 8. The van der Waals surface area contributed by atoms with Crippen molar-refractivity contribution in [1.29, 1.82) is 0 Å². The first kappa shape index (κ1) is 40.1. The van der Waals surface area contributed by atoms with Crippen LogP contribution in [0.1, 0.15) is 91.4 Å². The maximum absolute atomic E-state index is 14.7. The average molecular weight is 764 g/mol. The Balaban J connectivity index is 1.70. The third kappa shape index (κ3) is 8.83. The van der Waals surface area contributed by atoms with Crippen molar-refractivity contribution in [3.05, 3.63) is 63.2 Å². The van der Waals surface area contributed by atoms with Crippen LogP contribution < -0.4 is 15.1 Å². The Morgan fingerprint density at radius 3 is 2.06 bits per heavy atom. The highest BCUT2D eigenvalue weighted by Gasteiger charge is 2.47. The number of carbonyl (C=O) groups excluding carboxylic acids is 1. The van der Waals surface area contributed by atoms with Gasteiger partial charge in [-0.1, -0.05) is 11.2 Å². The van der Waals surface area contributed by atoms with E-state index >= 15 is 0 Å². The Labute approximate surface area is 300 Å². The fourth-order valence-corrected chi connectivity index (χ4v) is 7.44. The standard InChI is InChI=1S/C35H42F9N7O2/c1-20-14-25-26(51(30-46-48-49(6)47-30)18-22-15-23(33(36,37)38)17-24(16-22)34(39,40)41)8-7-13-50(28(25)21(2)27(20)35(42,43)44)19-32(9-11-45-12-10-32)29(52)53-31(3,4)5/h14-17,26,45H,7-13,18-19H2,1-6H3. The molecule has 0 amide bonds. The van der Waals surface area contributed by atoms with Crippen LogP contribution in [0.5, 0.6) is 0 Å². The second-order valence-corrected chi connectivity index (χ2v) is 14.9. The molecule has 1 unspecified atom stereocenters. The summed E-state index contributed by atoms with van der Waals surface area (Å²) in [7, 11) is 1.42. The van der Waals surface area contributed by atoms with E-state index in [9.17, 15) is 44.3 Å². The summed E-state index contributed by atoms with van der Waals surface area (Å²) in [6.45, 7) is 8.36. The number of aromatic nitrogens is 4. The lowest BCUT2D eigenvalue weighted by Gasteiger charge is -2.42. The summed E-state index contributed by atoms with van der Waals surface area (Å²) in [5.74, 6) is -0.633. The molecule has 1 fully saturated rings. The van der Waals surface area contributed by atoms with E-state index in [1.807, 2.05) is 0 Å². The number of halogens is 9. The van der Waals surface area contributed by atoms with E-state index in [0.29, 0.717) is 50.0 Å². The van der Waals surface area contributed by atoms with Gasteiger partial charge in [-0.25, -0.2) is 0 Å². The number of tetrazole rings is 1. The van der Waals surface area contributed by atoms with Gasteiger partial charge in [0.2, 0.25) is 0 Å². The van der Waals surface area contributed by atoms with Crippen LogP contribution in [0.4, 0.5) is 51.1 Å². The highest BCUT2D eigenvalue weighted by molar-refractivity contribution is 5.79. The quantitative estimate of drug-likeness (QED) is 0.192. The molecule has 2 aliphatic rings. The van der Waals surface area contributed by atoms with Crippen LogP contribution in [0.2, 0.25) is 0 Å². The average Bonchev–Trinajstić information content (AvgIpc) is 3.37. The van der Waals surface area contributed by atoms with E-state index in [1.165, 1.54) is 31.9 Å². The normalized spacial score (nSPS) is 18.4. The first-order valence-electron chi connectivity index (χ1n) is 17.1. The highest BCUT2D eigenvalue weighted by Crippen LogP contribution is 2.48. The van der Waals surface area contributed by atoms with Crippen molar-refractivity contribution in [2.75, 3.05) is 36.0 Å². The molecule has 1 N–H and O–H groups in total. The fourth-order valence-electron chi connectivity index (χ4n) is 7.44. The molecular weight excluding hydrogens is 721 g/mol. The monoisotopic (exact) mass is 763 g/mol. The number of alkyl halides is 9. The number of fused-ring (bicyclic) bond motifs is 1. The number of anilines is 2. The van der Waals surface area contributed by atoms with Crippen LogP contribution in [0.15, 0.2) is 24.3 Å². The molecule has 3 heterocycles. The van der Waals surface area contributed by atoms with Crippen LogP contribution in [0.25, 0.3) is 0 Å². The van der Waals surface area contributed by atoms with Crippen molar-refractivity contribution in [2.24, 2.45) is 12.5 Å². The maximum Gasteiger partial charge on any atom is 0.416 e. The summed E-state index contributed by atoms with van der Waals surface area (Å²) in [6.07, 6.45) is -13.8. The molecule has 2 aromatic carbocycles. The lowest BCUT2D eigenvalue weighted by Crippen LogP contribution is -2.52. The van der Waals surface area contributed by atoms with Gasteiger partial charge in [0.25, 0.3) is 5.95 Å². The summed E-state index contributed by atoms with van der Waals surface area (Å²) in [4.78, 5) is 18.1. The summed E-state index contributed by atoms with van der Waals surface area (Å²) in [5, 5.41) is 15.3. The number of nitrogens with zero attached hydrogens (tertiary/aromatic N) is 6. The van der Waals surface area contributed by atoms with Gasteiger partial charge in [-0.15, -0.1) is 5.10 Å². The molecule has 5 rings (SSSR count). The first-order chi connectivity index (χ1) is 24.4. The summed E-state index contributed by atoms with van der Waals surface area (Å²) in [6, 6.07) is 1.65. The zero-order valence-corrected chi connectivity index (χ0v) is 30.2. The predicted molar refractivity (Wildman–Crippen MR) is 177 cm³/mol. The van der Waals surface area contributed by atoms with Crippen LogP contribution in [0, 0.1) is 19.3 Å². The lowest BCUT2D eigenvalue weighted by molar-refractivity contribution is -0.169. The zero-order chi connectivity index (χ0) is 39.3. The molecule has 0 saturated carbocycles. The van der Waals surface area contributed by atoms with E-state index in [-0.39, 0.29) is 53.9 Å². The summed E-state index contributed by atoms with van der Waals surface area (Å²) >= 11 is 0. The maximum atomic E-state index is 14.7. The molecule has 3 aromatic rings. The summed E-state index contributed by atoms with van der Waals surface area (Å²) in [5.41, 5.74) is -5.98. The number of rotatable bonds is 7. The van der Waals surface area contributed by atoms with Gasteiger partial charge in [-0.05, 0) is 119 Å². The first-order valence-corrected chi connectivity index (χ1v) is 17.1. The fraction of sp³-hybridized carbons (Fsp3) is 0.600. The smallest absolute Gasteiger partial charge is 0.416 e. The van der Waals surface area contributed by atoms with Crippen LogP contribution >= 0.6 is 0 Å². The van der Waals surface area contributed by atoms with Gasteiger partial charge in [0, 0.05) is 25.3 Å². The predicted octanol–water partition coefficient (Wildman–Crippen LogP) is 7.94. The van der Waals surface area contributed by atoms with Crippen molar-refractivity contribution in [3.63, 3.8) is 0 Å². The van der Waals surface area contributed by atoms with Gasteiger partial charge in [-0.3, -0.25) is 4.79 Å². The van der Waals surface area contributed by atoms with Crippen molar-refractivity contribution in [2.45, 2.75) is 97.0 Å². The third-order valence-electron chi connectivity index (χ3n) is 9.65. The molecule has 1 saturated heterocycles. The van der Waals surface area contributed by atoms with E-state index in [1.54, 1.807) is 25.7 Å². The lowest BCUT2D eigenvalue weighted by atomic mass is 9.77. The number of esters is 1.